The van der Waals surface area contributed by atoms with E-state index in [1.54, 1.807) is 24.3 Å². The number of carbonyl (C=O) groups excluding carboxylic acids is 1. The Morgan fingerprint density at radius 3 is 2.57 bits per heavy atom. The van der Waals surface area contributed by atoms with Crippen molar-refractivity contribution >= 4 is 15.9 Å². The van der Waals surface area contributed by atoms with Crippen LogP contribution in [0, 0.1) is 0 Å². The molecule has 0 atom stereocenters. The van der Waals surface area contributed by atoms with Crippen LogP contribution in [0.15, 0.2) is 56.5 Å². The van der Waals surface area contributed by atoms with Crippen LogP contribution in [0.2, 0.25) is 0 Å². The number of rotatable bonds is 6. The fraction of sp³-hybridized carbons (Fsp3) is 0.278. The predicted octanol–water partition coefficient (Wildman–Crippen LogP) is 2.04. The topological polar surface area (TPSA) is 119 Å². The Morgan fingerprint density at radius 1 is 1.14 bits per heavy atom. The number of benzene rings is 1. The van der Waals surface area contributed by atoms with Gasteiger partial charge in [0.25, 0.3) is 0 Å². The second-order valence-electron chi connectivity index (χ2n) is 6.32. The van der Waals surface area contributed by atoms with Gasteiger partial charge in [0.05, 0.1) is 17.7 Å². The van der Waals surface area contributed by atoms with Crippen molar-refractivity contribution in [3.8, 4) is 11.4 Å². The van der Waals surface area contributed by atoms with Crippen molar-refractivity contribution < 1.29 is 22.2 Å². The zero-order chi connectivity index (χ0) is 19.6. The molecule has 0 unspecified atom stereocenters. The van der Waals surface area contributed by atoms with E-state index in [-0.39, 0.29) is 23.2 Å². The molecule has 1 aliphatic rings. The third kappa shape index (κ3) is 3.69. The van der Waals surface area contributed by atoms with Gasteiger partial charge in [0, 0.05) is 18.7 Å². The summed E-state index contributed by atoms with van der Waals surface area (Å²) in [7, 11) is -3.48. The van der Waals surface area contributed by atoms with Crippen molar-refractivity contribution in [1.82, 2.24) is 19.8 Å². The molecule has 146 valence electrons. The lowest BCUT2D eigenvalue weighted by molar-refractivity contribution is 0.0904. The molecule has 1 fully saturated rings. The number of aromatic nitrogens is 2. The van der Waals surface area contributed by atoms with E-state index in [1.807, 2.05) is 0 Å². The molecular formula is C18H18N4O5S. The summed E-state index contributed by atoms with van der Waals surface area (Å²) in [5.41, 5.74) is 0.550. The third-order valence-electron chi connectivity index (χ3n) is 4.44. The van der Waals surface area contributed by atoms with Crippen LogP contribution in [0.4, 0.5) is 0 Å². The Morgan fingerprint density at radius 2 is 1.89 bits per heavy atom. The van der Waals surface area contributed by atoms with Crippen molar-refractivity contribution in [2.45, 2.75) is 24.3 Å². The van der Waals surface area contributed by atoms with Crippen molar-refractivity contribution in [2.75, 3.05) is 13.1 Å². The lowest BCUT2D eigenvalue weighted by Crippen LogP contribution is -2.27. The number of sulfonamides is 1. The van der Waals surface area contributed by atoms with Gasteiger partial charge in [-0.05, 0) is 49.2 Å². The van der Waals surface area contributed by atoms with Crippen LogP contribution >= 0.6 is 0 Å². The molecule has 1 aromatic carbocycles. The smallest absolute Gasteiger partial charge is 0.316 e. The van der Waals surface area contributed by atoms with Gasteiger partial charge < -0.3 is 14.3 Å². The first-order valence-corrected chi connectivity index (χ1v) is 10.2. The minimum atomic E-state index is -3.48. The van der Waals surface area contributed by atoms with E-state index in [0.29, 0.717) is 24.4 Å². The Kier molecular flexibility index (Phi) is 4.97. The Hall–Kier alpha value is -2.98. The number of nitrogens with zero attached hydrogens (tertiary/aromatic N) is 3. The summed E-state index contributed by atoms with van der Waals surface area (Å²) >= 11 is 0. The van der Waals surface area contributed by atoms with E-state index < -0.39 is 15.9 Å². The molecule has 0 aliphatic carbocycles. The summed E-state index contributed by atoms with van der Waals surface area (Å²) in [6.07, 6.45) is 3.27. The summed E-state index contributed by atoms with van der Waals surface area (Å²) in [4.78, 5) is 16.4. The molecular weight excluding hydrogens is 384 g/mol. The number of hydrogen-bond acceptors (Lipinski definition) is 7. The van der Waals surface area contributed by atoms with Crippen molar-refractivity contribution in [3.63, 3.8) is 0 Å². The van der Waals surface area contributed by atoms with Crippen LogP contribution in [0.1, 0.15) is 29.3 Å². The maximum absolute atomic E-state index is 12.6. The van der Waals surface area contributed by atoms with Crippen molar-refractivity contribution in [2.24, 2.45) is 0 Å². The number of amides is 1. The molecule has 10 heteroatoms. The maximum atomic E-state index is 12.6. The molecule has 0 radical (unpaired) electrons. The summed E-state index contributed by atoms with van der Waals surface area (Å²) in [6, 6.07) is 9.67. The molecule has 1 amide bonds. The van der Waals surface area contributed by atoms with Crippen LogP contribution in [-0.2, 0) is 16.6 Å². The van der Waals surface area contributed by atoms with Crippen LogP contribution in [-0.4, -0.2) is 41.9 Å². The standard InChI is InChI=1S/C18H18N4O5S/c23-17(19-12-14-4-3-11-26-14)18-20-16(21-27-18)13-5-7-15(8-6-13)28(24,25)22-9-1-2-10-22/h3-8,11H,1-2,9-10,12H2,(H,19,23). The van der Waals surface area contributed by atoms with E-state index >= 15 is 0 Å². The molecule has 3 heterocycles. The molecule has 1 saturated heterocycles. The van der Waals surface area contributed by atoms with Crippen LogP contribution in [0.3, 0.4) is 0 Å². The van der Waals surface area contributed by atoms with E-state index in [9.17, 15) is 13.2 Å². The van der Waals surface area contributed by atoms with Gasteiger partial charge in [-0.2, -0.15) is 9.29 Å². The second-order valence-corrected chi connectivity index (χ2v) is 8.26. The molecule has 3 aromatic rings. The summed E-state index contributed by atoms with van der Waals surface area (Å²) < 4.78 is 36.7. The molecule has 2 aromatic heterocycles. The monoisotopic (exact) mass is 402 g/mol. The fourth-order valence-corrected chi connectivity index (χ4v) is 4.46. The average Bonchev–Trinajstić information content (AvgIpc) is 3.48. The first kappa shape index (κ1) is 18.4. The molecule has 0 spiro atoms. The number of hydrogen-bond donors (Lipinski definition) is 1. The highest BCUT2D eigenvalue weighted by molar-refractivity contribution is 7.89. The van der Waals surface area contributed by atoms with Crippen molar-refractivity contribution in [3.05, 3.63) is 54.3 Å². The molecule has 4 rings (SSSR count). The summed E-state index contributed by atoms with van der Waals surface area (Å²) in [6.45, 7) is 1.30. The van der Waals surface area contributed by atoms with Gasteiger partial charge in [0.15, 0.2) is 0 Å². The van der Waals surface area contributed by atoms with E-state index in [1.165, 1.54) is 22.7 Å². The lowest BCUT2D eigenvalue weighted by atomic mass is 10.2. The van der Waals surface area contributed by atoms with Gasteiger partial charge in [-0.25, -0.2) is 8.42 Å². The molecule has 9 nitrogen and oxygen atoms in total. The Balaban J connectivity index is 1.45. The predicted molar refractivity (Wildman–Crippen MR) is 97.6 cm³/mol. The highest BCUT2D eigenvalue weighted by Gasteiger charge is 2.27. The van der Waals surface area contributed by atoms with E-state index in [4.69, 9.17) is 8.94 Å². The highest BCUT2D eigenvalue weighted by Crippen LogP contribution is 2.23. The Bertz CT molecular complexity index is 1050. The van der Waals surface area contributed by atoms with Gasteiger partial charge in [-0.1, -0.05) is 5.16 Å². The zero-order valence-electron chi connectivity index (χ0n) is 14.9. The first-order valence-electron chi connectivity index (χ1n) is 8.79. The average molecular weight is 402 g/mol. The van der Waals surface area contributed by atoms with Gasteiger partial charge in [0.2, 0.25) is 15.8 Å². The SMILES string of the molecule is O=C(NCc1ccco1)c1nc(-c2ccc(S(=O)(=O)N3CCCC3)cc2)no1. The lowest BCUT2D eigenvalue weighted by Gasteiger charge is -2.15. The molecule has 1 N–H and O–H groups in total. The van der Waals surface area contributed by atoms with Crippen molar-refractivity contribution in [1.29, 1.82) is 0 Å². The molecule has 1 aliphatic heterocycles. The van der Waals surface area contributed by atoms with Gasteiger partial charge >= 0.3 is 11.8 Å². The second kappa shape index (κ2) is 7.56. The largest absolute Gasteiger partial charge is 0.467 e. The zero-order valence-corrected chi connectivity index (χ0v) is 15.7. The number of nitrogens with one attached hydrogen (secondary N) is 1. The van der Waals surface area contributed by atoms with Gasteiger partial charge in [-0.15, -0.1) is 0 Å². The highest BCUT2D eigenvalue weighted by atomic mass is 32.2. The van der Waals surface area contributed by atoms with E-state index in [0.717, 1.165) is 12.8 Å². The Labute approximate surface area is 161 Å². The third-order valence-corrected chi connectivity index (χ3v) is 6.35. The minimum absolute atomic E-state index is 0.185. The van der Waals surface area contributed by atoms with Gasteiger partial charge in [-0.3, -0.25) is 4.79 Å². The normalized spacial score (nSPS) is 15.0. The fourth-order valence-electron chi connectivity index (χ4n) is 2.94. The molecule has 0 bridgehead atoms. The number of furan rings is 1. The minimum Gasteiger partial charge on any atom is -0.467 e. The van der Waals surface area contributed by atoms with Gasteiger partial charge in [0.1, 0.15) is 5.76 Å². The maximum Gasteiger partial charge on any atom is 0.316 e. The van der Waals surface area contributed by atoms with Crippen LogP contribution in [0.25, 0.3) is 11.4 Å². The van der Waals surface area contributed by atoms with E-state index in [2.05, 4.69) is 15.5 Å². The molecule has 28 heavy (non-hydrogen) atoms. The van der Waals surface area contributed by atoms with Crippen LogP contribution in [0.5, 0.6) is 0 Å². The quantitative estimate of drug-likeness (QED) is 0.670. The van der Waals surface area contributed by atoms with Crippen LogP contribution < -0.4 is 5.32 Å². The number of carbonyl (C=O) groups is 1. The first-order chi connectivity index (χ1) is 13.5. The molecule has 0 saturated carbocycles. The summed E-state index contributed by atoms with van der Waals surface area (Å²) in [5, 5.41) is 6.40. The summed E-state index contributed by atoms with van der Waals surface area (Å²) in [5.74, 6) is 0.0925.